The second-order valence-corrected chi connectivity index (χ2v) is 8.94. The molecule has 0 amide bonds. The largest absolute Gasteiger partial charge is 0.131 e. The Balaban J connectivity index is 2.55. The van der Waals surface area contributed by atoms with Crippen LogP contribution >= 0.6 is 59.1 Å². The van der Waals surface area contributed by atoms with Crippen LogP contribution in [0.3, 0.4) is 0 Å². The van der Waals surface area contributed by atoms with Crippen LogP contribution in [0.15, 0.2) is 20.4 Å². The average Bonchev–Trinajstić information content (AvgIpc) is 2.67. The third-order valence-corrected chi connectivity index (χ3v) is 7.99. The van der Waals surface area contributed by atoms with E-state index in [1.54, 1.807) is 11.3 Å². The van der Waals surface area contributed by atoms with Crippen molar-refractivity contribution in [2.24, 2.45) is 0 Å². The SMILES string of the molecule is Cc1cc(C(Br)c2c(C)cc(C)c(Br)c2C)sc1Br. The van der Waals surface area contributed by atoms with Crippen molar-refractivity contribution in [2.75, 3.05) is 0 Å². The first-order chi connectivity index (χ1) is 8.82. The lowest BCUT2D eigenvalue weighted by Crippen LogP contribution is -2.00. The molecule has 1 atom stereocenters. The zero-order valence-electron chi connectivity index (χ0n) is 11.3. The van der Waals surface area contributed by atoms with E-state index in [1.165, 1.54) is 41.0 Å². The van der Waals surface area contributed by atoms with Gasteiger partial charge in [-0.05, 0) is 77.5 Å². The van der Waals surface area contributed by atoms with Crippen LogP contribution < -0.4 is 0 Å². The van der Waals surface area contributed by atoms with E-state index in [0.717, 1.165) is 0 Å². The highest BCUT2D eigenvalue weighted by Gasteiger charge is 2.20. The van der Waals surface area contributed by atoms with Crippen molar-refractivity contribution in [3.8, 4) is 0 Å². The minimum absolute atomic E-state index is 0.249. The lowest BCUT2D eigenvalue weighted by molar-refractivity contribution is 1.11. The maximum absolute atomic E-state index is 3.87. The fourth-order valence-electron chi connectivity index (χ4n) is 2.32. The predicted octanol–water partition coefficient (Wildman–Crippen LogP) is 6.99. The van der Waals surface area contributed by atoms with Crippen LogP contribution in [0.4, 0.5) is 0 Å². The number of hydrogen-bond donors (Lipinski definition) is 0. The molecular formula is C15H15Br3S. The van der Waals surface area contributed by atoms with Crippen LogP contribution in [-0.2, 0) is 0 Å². The van der Waals surface area contributed by atoms with Crippen LogP contribution in [0.1, 0.15) is 37.5 Å². The Kier molecular flexibility index (Phi) is 4.97. The third-order valence-electron chi connectivity index (χ3n) is 3.32. The second kappa shape index (κ2) is 6.00. The Hall–Kier alpha value is 0.360. The Morgan fingerprint density at radius 1 is 0.947 bits per heavy atom. The van der Waals surface area contributed by atoms with Crippen molar-refractivity contribution < 1.29 is 0 Å². The van der Waals surface area contributed by atoms with Gasteiger partial charge in [-0.2, -0.15) is 0 Å². The number of thiophene rings is 1. The molecule has 0 aliphatic rings. The molecule has 2 rings (SSSR count). The van der Waals surface area contributed by atoms with E-state index in [-0.39, 0.29) is 4.83 Å². The summed E-state index contributed by atoms with van der Waals surface area (Å²) in [6, 6.07) is 4.50. The Morgan fingerprint density at radius 3 is 2.11 bits per heavy atom. The quantitative estimate of drug-likeness (QED) is 0.418. The van der Waals surface area contributed by atoms with E-state index < -0.39 is 0 Å². The van der Waals surface area contributed by atoms with E-state index in [4.69, 9.17) is 0 Å². The van der Waals surface area contributed by atoms with Gasteiger partial charge in [-0.15, -0.1) is 11.3 Å². The topological polar surface area (TPSA) is 0 Å². The van der Waals surface area contributed by atoms with E-state index >= 15 is 0 Å². The molecule has 0 aliphatic heterocycles. The van der Waals surface area contributed by atoms with Gasteiger partial charge >= 0.3 is 0 Å². The smallest absolute Gasteiger partial charge is 0.0744 e. The van der Waals surface area contributed by atoms with Crippen molar-refractivity contribution >= 4 is 59.1 Å². The van der Waals surface area contributed by atoms with Gasteiger partial charge in [0, 0.05) is 9.35 Å². The first-order valence-corrected chi connectivity index (χ1v) is 9.30. The zero-order valence-corrected chi connectivity index (χ0v) is 16.8. The maximum Gasteiger partial charge on any atom is 0.0744 e. The highest BCUT2D eigenvalue weighted by molar-refractivity contribution is 9.11. The zero-order chi connectivity index (χ0) is 14.3. The molecular weight excluding hydrogens is 452 g/mol. The second-order valence-electron chi connectivity index (χ2n) is 4.83. The molecule has 0 spiro atoms. The van der Waals surface area contributed by atoms with Crippen LogP contribution in [0.5, 0.6) is 0 Å². The molecule has 1 heterocycles. The summed E-state index contributed by atoms with van der Waals surface area (Å²) in [5, 5.41) is 0. The van der Waals surface area contributed by atoms with Gasteiger partial charge in [0.2, 0.25) is 0 Å². The molecule has 0 radical (unpaired) electrons. The summed E-state index contributed by atoms with van der Waals surface area (Å²) in [4.78, 5) is 1.59. The molecule has 0 saturated heterocycles. The van der Waals surface area contributed by atoms with E-state index in [9.17, 15) is 0 Å². The van der Waals surface area contributed by atoms with Gasteiger partial charge in [0.25, 0.3) is 0 Å². The maximum atomic E-state index is 3.87. The highest BCUT2D eigenvalue weighted by atomic mass is 79.9. The molecule has 0 saturated carbocycles. The first-order valence-electron chi connectivity index (χ1n) is 5.99. The fraction of sp³-hybridized carbons (Fsp3) is 0.333. The van der Waals surface area contributed by atoms with Crippen molar-refractivity contribution in [3.63, 3.8) is 0 Å². The molecule has 0 aliphatic carbocycles. The summed E-state index contributed by atoms with van der Waals surface area (Å²) in [7, 11) is 0. The normalized spacial score (nSPS) is 12.8. The molecule has 1 aromatic heterocycles. The summed E-state index contributed by atoms with van der Waals surface area (Å²) in [6.45, 7) is 8.65. The molecule has 1 aromatic carbocycles. The fourth-order valence-corrected chi connectivity index (χ4v) is 5.32. The van der Waals surface area contributed by atoms with Gasteiger partial charge in [-0.1, -0.05) is 37.9 Å². The van der Waals surface area contributed by atoms with Crippen molar-refractivity contribution in [2.45, 2.75) is 32.5 Å². The summed E-state index contributed by atoms with van der Waals surface area (Å²) in [6.07, 6.45) is 0. The van der Waals surface area contributed by atoms with Gasteiger partial charge in [-0.25, -0.2) is 0 Å². The number of alkyl halides is 1. The summed E-state index contributed by atoms with van der Waals surface area (Å²) in [5.74, 6) is 0. The number of hydrogen-bond acceptors (Lipinski definition) is 1. The summed E-state index contributed by atoms with van der Waals surface area (Å²) < 4.78 is 2.43. The molecule has 19 heavy (non-hydrogen) atoms. The Morgan fingerprint density at radius 2 is 1.58 bits per heavy atom. The van der Waals surface area contributed by atoms with Gasteiger partial charge in [0.15, 0.2) is 0 Å². The number of rotatable bonds is 2. The van der Waals surface area contributed by atoms with Gasteiger partial charge < -0.3 is 0 Å². The molecule has 2 aromatic rings. The van der Waals surface area contributed by atoms with E-state index in [1.807, 2.05) is 0 Å². The van der Waals surface area contributed by atoms with Crippen molar-refractivity contribution in [3.05, 3.63) is 53.1 Å². The van der Waals surface area contributed by atoms with Crippen LogP contribution in [0.2, 0.25) is 0 Å². The van der Waals surface area contributed by atoms with E-state index in [2.05, 4.69) is 87.6 Å². The summed E-state index contributed by atoms with van der Waals surface area (Å²) in [5.41, 5.74) is 6.61. The minimum Gasteiger partial charge on any atom is -0.131 e. The molecule has 1 unspecified atom stereocenters. The average molecular weight is 467 g/mol. The Bertz CT molecular complexity index is 609. The van der Waals surface area contributed by atoms with Gasteiger partial charge in [0.05, 0.1) is 8.61 Å². The van der Waals surface area contributed by atoms with Crippen LogP contribution in [0.25, 0.3) is 0 Å². The molecule has 0 bridgehead atoms. The molecule has 102 valence electrons. The van der Waals surface area contributed by atoms with Gasteiger partial charge in [-0.3, -0.25) is 0 Å². The molecule has 0 nitrogen and oxygen atoms in total. The van der Waals surface area contributed by atoms with Crippen LogP contribution in [-0.4, -0.2) is 0 Å². The predicted molar refractivity (Wildman–Crippen MR) is 95.9 cm³/mol. The monoisotopic (exact) mass is 464 g/mol. The third kappa shape index (κ3) is 3.02. The summed E-state index contributed by atoms with van der Waals surface area (Å²) >= 11 is 13.0. The Labute approximate surface area is 144 Å². The minimum atomic E-state index is 0.249. The molecule has 0 fully saturated rings. The number of halogens is 3. The van der Waals surface area contributed by atoms with Crippen molar-refractivity contribution in [1.82, 2.24) is 0 Å². The first kappa shape index (κ1) is 15.7. The lowest BCUT2D eigenvalue weighted by atomic mass is 9.96. The van der Waals surface area contributed by atoms with Crippen LogP contribution in [0, 0.1) is 27.7 Å². The number of benzene rings is 1. The highest BCUT2D eigenvalue weighted by Crippen LogP contribution is 2.43. The van der Waals surface area contributed by atoms with Gasteiger partial charge in [0.1, 0.15) is 0 Å². The lowest BCUT2D eigenvalue weighted by Gasteiger charge is -2.18. The van der Waals surface area contributed by atoms with E-state index in [0.29, 0.717) is 0 Å². The van der Waals surface area contributed by atoms with Crippen molar-refractivity contribution in [1.29, 1.82) is 0 Å². The number of aryl methyl sites for hydroxylation is 3. The molecule has 4 heteroatoms. The molecule has 0 N–H and O–H groups in total. The standard InChI is InChI=1S/C15H15Br3S/c1-7-5-8(2)13(16)10(4)12(7)14(17)11-6-9(3)15(18)19-11/h5-6,14H,1-4H3.